The molecule has 2 N–H and O–H groups in total. The quantitative estimate of drug-likeness (QED) is 0.898. The smallest absolute Gasteiger partial charge is 0.251 e. The van der Waals surface area contributed by atoms with Crippen molar-refractivity contribution in [2.24, 2.45) is 11.7 Å². The molecule has 0 aliphatic carbocycles. The molecular weight excluding hydrogens is 226 g/mol. The Balaban J connectivity index is 2.27. The molecule has 0 saturated heterocycles. The number of benzene rings is 1. The van der Waals surface area contributed by atoms with Gasteiger partial charge >= 0.3 is 0 Å². The summed E-state index contributed by atoms with van der Waals surface area (Å²) in [6.45, 7) is 6.12. The van der Waals surface area contributed by atoms with Crippen LogP contribution in [0, 0.1) is 5.92 Å². The van der Waals surface area contributed by atoms with Gasteiger partial charge in [0, 0.05) is 6.42 Å². The maximum atomic E-state index is 6.31. The summed E-state index contributed by atoms with van der Waals surface area (Å²) >= 11 is 0. The lowest BCUT2D eigenvalue weighted by atomic mass is 9.93. The molecule has 0 amide bonds. The van der Waals surface area contributed by atoms with E-state index >= 15 is 0 Å². The van der Waals surface area contributed by atoms with Crippen LogP contribution in [-0.2, 0) is 12.0 Å². The van der Waals surface area contributed by atoms with Crippen LogP contribution in [0.4, 0.5) is 0 Å². The minimum Gasteiger partial charge on any atom is -0.337 e. The highest BCUT2D eigenvalue weighted by atomic mass is 16.5. The van der Waals surface area contributed by atoms with Crippen molar-refractivity contribution in [1.29, 1.82) is 0 Å². The number of hydrogen-bond donors (Lipinski definition) is 1. The largest absolute Gasteiger partial charge is 0.337 e. The maximum absolute atomic E-state index is 6.31. The average Bonchev–Trinajstić information content (AvgIpc) is 2.78. The van der Waals surface area contributed by atoms with Gasteiger partial charge in [0.15, 0.2) is 5.82 Å². The fraction of sp³-hybridized carbons (Fsp3) is 0.429. The molecule has 2 rings (SSSR count). The summed E-state index contributed by atoms with van der Waals surface area (Å²) in [7, 11) is 0. The SMILES string of the molecule is CC(C)Cc1noc(C(C)(N)c2ccccc2)n1. The Labute approximate surface area is 107 Å². The summed E-state index contributed by atoms with van der Waals surface area (Å²) in [5.41, 5.74) is 6.52. The summed E-state index contributed by atoms with van der Waals surface area (Å²) in [6, 6.07) is 9.79. The monoisotopic (exact) mass is 245 g/mol. The summed E-state index contributed by atoms with van der Waals surface area (Å²) in [6.07, 6.45) is 0.800. The van der Waals surface area contributed by atoms with Gasteiger partial charge in [0.2, 0.25) is 0 Å². The molecule has 4 nitrogen and oxygen atoms in total. The third kappa shape index (κ3) is 2.59. The van der Waals surface area contributed by atoms with Gasteiger partial charge in [-0.3, -0.25) is 0 Å². The Morgan fingerprint density at radius 2 is 1.94 bits per heavy atom. The number of nitrogens with zero attached hydrogens (tertiary/aromatic N) is 2. The fourth-order valence-electron chi connectivity index (χ4n) is 1.82. The Kier molecular flexibility index (Phi) is 3.48. The second-order valence-electron chi connectivity index (χ2n) is 5.18. The lowest BCUT2D eigenvalue weighted by Gasteiger charge is -2.20. The Hall–Kier alpha value is -1.68. The van der Waals surface area contributed by atoms with Crippen LogP contribution >= 0.6 is 0 Å². The third-order valence-electron chi connectivity index (χ3n) is 2.88. The van der Waals surface area contributed by atoms with Crippen LogP contribution in [-0.4, -0.2) is 10.1 Å². The first-order valence-corrected chi connectivity index (χ1v) is 6.17. The van der Waals surface area contributed by atoms with Gasteiger partial charge in [0.05, 0.1) is 0 Å². The van der Waals surface area contributed by atoms with E-state index in [1.54, 1.807) is 0 Å². The van der Waals surface area contributed by atoms with Crippen molar-refractivity contribution in [3.63, 3.8) is 0 Å². The van der Waals surface area contributed by atoms with Crippen LogP contribution in [0.15, 0.2) is 34.9 Å². The second-order valence-corrected chi connectivity index (χ2v) is 5.18. The van der Waals surface area contributed by atoms with E-state index in [4.69, 9.17) is 10.3 Å². The van der Waals surface area contributed by atoms with Crippen LogP contribution < -0.4 is 5.73 Å². The molecular formula is C14H19N3O. The molecule has 1 heterocycles. The van der Waals surface area contributed by atoms with Crippen molar-refractivity contribution < 1.29 is 4.52 Å². The van der Waals surface area contributed by atoms with Gasteiger partial charge < -0.3 is 10.3 Å². The predicted octanol–water partition coefficient (Wildman–Crippen LogP) is 2.49. The summed E-state index contributed by atoms with van der Waals surface area (Å²) in [5.74, 6) is 1.67. The maximum Gasteiger partial charge on any atom is 0.251 e. The molecule has 1 atom stereocenters. The summed E-state index contributed by atoms with van der Waals surface area (Å²) in [4.78, 5) is 4.40. The van der Waals surface area contributed by atoms with Crippen molar-refractivity contribution in [3.05, 3.63) is 47.6 Å². The first kappa shape index (κ1) is 12.8. The van der Waals surface area contributed by atoms with Crippen LogP contribution in [0.5, 0.6) is 0 Å². The second kappa shape index (κ2) is 4.90. The first-order chi connectivity index (χ1) is 8.50. The van der Waals surface area contributed by atoms with Gasteiger partial charge in [-0.05, 0) is 18.4 Å². The summed E-state index contributed by atoms with van der Waals surface area (Å²) < 4.78 is 5.30. The molecule has 0 bridgehead atoms. The third-order valence-corrected chi connectivity index (χ3v) is 2.88. The molecule has 1 aromatic carbocycles. The van der Waals surface area contributed by atoms with Crippen molar-refractivity contribution in [2.45, 2.75) is 32.7 Å². The zero-order valence-corrected chi connectivity index (χ0v) is 11.1. The normalized spacial score (nSPS) is 14.7. The average molecular weight is 245 g/mol. The lowest BCUT2D eigenvalue weighted by Crippen LogP contribution is -2.34. The lowest BCUT2D eigenvalue weighted by molar-refractivity contribution is 0.321. The zero-order chi connectivity index (χ0) is 13.2. The Morgan fingerprint density at radius 1 is 1.28 bits per heavy atom. The zero-order valence-electron chi connectivity index (χ0n) is 11.1. The highest BCUT2D eigenvalue weighted by Gasteiger charge is 2.30. The fourth-order valence-corrected chi connectivity index (χ4v) is 1.82. The molecule has 0 radical (unpaired) electrons. The molecule has 1 unspecified atom stereocenters. The van der Waals surface area contributed by atoms with Crippen molar-refractivity contribution >= 4 is 0 Å². The van der Waals surface area contributed by atoms with E-state index in [0.29, 0.717) is 17.6 Å². The molecule has 0 spiro atoms. The first-order valence-electron chi connectivity index (χ1n) is 6.17. The topological polar surface area (TPSA) is 64.9 Å². The Morgan fingerprint density at radius 3 is 2.56 bits per heavy atom. The van der Waals surface area contributed by atoms with Gasteiger partial charge in [0.1, 0.15) is 5.54 Å². The van der Waals surface area contributed by atoms with Crippen LogP contribution in [0.2, 0.25) is 0 Å². The van der Waals surface area contributed by atoms with Crippen molar-refractivity contribution in [2.75, 3.05) is 0 Å². The molecule has 0 aliphatic heterocycles. The highest BCUT2D eigenvalue weighted by Crippen LogP contribution is 2.25. The van der Waals surface area contributed by atoms with Gasteiger partial charge in [-0.1, -0.05) is 49.3 Å². The predicted molar refractivity (Wildman–Crippen MR) is 69.9 cm³/mol. The van der Waals surface area contributed by atoms with E-state index in [-0.39, 0.29) is 0 Å². The van der Waals surface area contributed by atoms with Crippen LogP contribution in [0.3, 0.4) is 0 Å². The molecule has 4 heteroatoms. The Bertz CT molecular complexity index is 503. The molecule has 0 saturated carbocycles. The van der Waals surface area contributed by atoms with E-state index in [2.05, 4.69) is 24.0 Å². The van der Waals surface area contributed by atoms with Gasteiger partial charge in [-0.25, -0.2) is 0 Å². The van der Waals surface area contributed by atoms with Crippen molar-refractivity contribution in [1.82, 2.24) is 10.1 Å². The van der Waals surface area contributed by atoms with E-state index in [0.717, 1.165) is 12.0 Å². The number of rotatable bonds is 4. The standard InChI is InChI=1S/C14H19N3O/c1-10(2)9-12-16-13(18-17-12)14(3,15)11-7-5-4-6-8-11/h4-8,10H,9,15H2,1-3H3. The van der Waals surface area contributed by atoms with E-state index < -0.39 is 5.54 Å². The van der Waals surface area contributed by atoms with Gasteiger partial charge in [-0.15, -0.1) is 0 Å². The van der Waals surface area contributed by atoms with Gasteiger partial charge in [0.25, 0.3) is 5.89 Å². The van der Waals surface area contributed by atoms with Crippen molar-refractivity contribution in [3.8, 4) is 0 Å². The van der Waals surface area contributed by atoms with Gasteiger partial charge in [-0.2, -0.15) is 4.98 Å². The summed E-state index contributed by atoms with van der Waals surface area (Å²) in [5, 5.41) is 3.98. The molecule has 1 aromatic heterocycles. The number of hydrogen-bond acceptors (Lipinski definition) is 4. The molecule has 0 aliphatic rings. The molecule has 96 valence electrons. The highest BCUT2D eigenvalue weighted by molar-refractivity contribution is 5.28. The van der Waals surface area contributed by atoms with Crippen LogP contribution in [0.1, 0.15) is 38.0 Å². The molecule has 18 heavy (non-hydrogen) atoms. The van der Waals surface area contributed by atoms with E-state index in [1.165, 1.54) is 0 Å². The number of nitrogens with two attached hydrogens (primary N) is 1. The number of aromatic nitrogens is 2. The van der Waals surface area contributed by atoms with E-state index in [1.807, 2.05) is 37.3 Å². The van der Waals surface area contributed by atoms with Crippen LogP contribution in [0.25, 0.3) is 0 Å². The molecule has 0 fully saturated rings. The van der Waals surface area contributed by atoms with E-state index in [9.17, 15) is 0 Å². The minimum atomic E-state index is -0.747. The molecule has 2 aromatic rings. The minimum absolute atomic E-state index is 0.462.